The molecule has 196 valence electrons. The largest absolute Gasteiger partial charge is 0.480 e. The first-order chi connectivity index (χ1) is 19.5. The van der Waals surface area contributed by atoms with Gasteiger partial charge in [0.15, 0.2) is 0 Å². The quantitative estimate of drug-likeness (QED) is 0.212. The van der Waals surface area contributed by atoms with E-state index in [1.807, 2.05) is 79.0 Å². The van der Waals surface area contributed by atoms with Gasteiger partial charge in [-0.1, -0.05) is 72.8 Å². The summed E-state index contributed by atoms with van der Waals surface area (Å²) in [6.45, 7) is 0. The third kappa shape index (κ3) is 5.13. The number of fused-ring (bicyclic) bond motifs is 2. The van der Waals surface area contributed by atoms with Crippen LogP contribution in [0.2, 0.25) is 0 Å². The Labute approximate surface area is 230 Å². The highest BCUT2D eigenvalue weighted by molar-refractivity contribution is 5.96. The van der Waals surface area contributed by atoms with Crippen molar-refractivity contribution in [1.29, 1.82) is 0 Å². The van der Waals surface area contributed by atoms with Gasteiger partial charge in [-0.15, -0.1) is 0 Å². The smallest absolute Gasteiger partial charge is 0.326 e. The number of carbonyl (C=O) groups excluding carboxylic acids is 1. The van der Waals surface area contributed by atoms with Crippen molar-refractivity contribution in [3.05, 3.63) is 127 Å². The third-order valence-electron chi connectivity index (χ3n) is 6.91. The summed E-state index contributed by atoms with van der Waals surface area (Å²) in [5, 5.41) is 20.5. The molecule has 2 aromatic heterocycles. The molecule has 4 aromatic carbocycles. The molecule has 0 radical (unpaired) electrons. The Hall–Kier alpha value is -5.43. The normalized spacial score (nSPS) is 12.2. The molecule has 0 saturated heterocycles. The number of rotatable bonds is 8. The molecule has 0 bridgehead atoms. The van der Waals surface area contributed by atoms with Gasteiger partial charge in [0, 0.05) is 46.9 Å². The number of hydrogen-bond acceptors (Lipinski definition) is 3. The molecular weight excluding hydrogens is 500 g/mol. The van der Waals surface area contributed by atoms with E-state index in [-0.39, 0.29) is 6.42 Å². The minimum absolute atomic E-state index is 0.160. The van der Waals surface area contributed by atoms with Crippen molar-refractivity contribution in [3.8, 4) is 16.9 Å². The Kier molecular flexibility index (Phi) is 6.68. The SMILES string of the molecule is O=C(/C=C/c1cn(-c2ccccc2)nc1-c1ccc2ccccc2c1)N[C@H](Cc1c[nH]c2ccccc12)C(=O)O. The highest BCUT2D eigenvalue weighted by Gasteiger charge is 2.21. The lowest BCUT2D eigenvalue weighted by molar-refractivity contribution is -0.141. The average Bonchev–Trinajstić information content (AvgIpc) is 3.60. The van der Waals surface area contributed by atoms with Crippen molar-refractivity contribution in [2.24, 2.45) is 0 Å². The number of nitrogens with one attached hydrogen (secondary N) is 2. The molecule has 0 aliphatic rings. The number of carbonyl (C=O) groups is 2. The van der Waals surface area contributed by atoms with Crippen molar-refractivity contribution in [2.45, 2.75) is 12.5 Å². The van der Waals surface area contributed by atoms with Crippen LogP contribution in [0.1, 0.15) is 11.1 Å². The second-order valence-corrected chi connectivity index (χ2v) is 9.57. The maximum atomic E-state index is 12.9. The van der Waals surface area contributed by atoms with Crippen LogP contribution in [-0.2, 0) is 16.0 Å². The summed E-state index contributed by atoms with van der Waals surface area (Å²) in [4.78, 5) is 28.1. The van der Waals surface area contributed by atoms with Crippen LogP contribution >= 0.6 is 0 Å². The van der Waals surface area contributed by atoms with Crippen molar-refractivity contribution in [3.63, 3.8) is 0 Å². The maximum absolute atomic E-state index is 12.9. The van der Waals surface area contributed by atoms with E-state index >= 15 is 0 Å². The van der Waals surface area contributed by atoms with Crippen LogP contribution in [-0.4, -0.2) is 37.8 Å². The van der Waals surface area contributed by atoms with Crippen LogP contribution in [0.4, 0.5) is 0 Å². The van der Waals surface area contributed by atoms with Crippen LogP contribution in [0.15, 0.2) is 116 Å². The Morgan fingerprint density at radius 2 is 1.68 bits per heavy atom. The molecule has 7 heteroatoms. The fourth-order valence-corrected chi connectivity index (χ4v) is 4.89. The topological polar surface area (TPSA) is 100 Å². The summed E-state index contributed by atoms with van der Waals surface area (Å²) in [6.07, 6.45) is 6.85. The number of carboxylic acids is 1. The molecule has 0 fully saturated rings. The predicted octanol–water partition coefficient (Wildman–Crippen LogP) is 6.00. The minimum Gasteiger partial charge on any atom is -0.480 e. The Balaban J connectivity index is 1.28. The molecule has 1 amide bonds. The van der Waals surface area contributed by atoms with Crippen molar-refractivity contribution >= 4 is 39.6 Å². The summed E-state index contributed by atoms with van der Waals surface area (Å²) >= 11 is 0. The van der Waals surface area contributed by atoms with E-state index in [0.717, 1.165) is 44.1 Å². The predicted molar refractivity (Wildman–Crippen MR) is 157 cm³/mol. The lowest BCUT2D eigenvalue weighted by Crippen LogP contribution is -2.41. The molecule has 6 rings (SSSR count). The van der Waals surface area contributed by atoms with Gasteiger partial charge in [0.05, 0.1) is 11.4 Å². The van der Waals surface area contributed by atoms with Gasteiger partial charge in [0.1, 0.15) is 6.04 Å². The number of para-hydroxylation sites is 2. The van der Waals surface area contributed by atoms with Gasteiger partial charge in [0.2, 0.25) is 5.91 Å². The molecule has 0 saturated carbocycles. The lowest BCUT2D eigenvalue weighted by atomic mass is 10.0. The molecule has 7 nitrogen and oxygen atoms in total. The third-order valence-corrected chi connectivity index (χ3v) is 6.91. The minimum atomic E-state index is -1.10. The average molecular weight is 527 g/mol. The Morgan fingerprint density at radius 3 is 2.50 bits per heavy atom. The number of carboxylic acid groups (broad SMARTS) is 1. The number of benzene rings is 4. The monoisotopic (exact) mass is 526 g/mol. The van der Waals surface area contributed by atoms with Gasteiger partial charge in [-0.3, -0.25) is 4.79 Å². The number of aromatic amines is 1. The molecule has 0 spiro atoms. The van der Waals surface area contributed by atoms with Gasteiger partial charge in [0.25, 0.3) is 0 Å². The maximum Gasteiger partial charge on any atom is 0.326 e. The van der Waals surface area contributed by atoms with Crippen molar-refractivity contribution < 1.29 is 14.7 Å². The van der Waals surface area contributed by atoms with Crippen LogP contribution in [0, 0.1) is 0 Å². The summed E-state index contributed by atoms with van der Waals surface area (Å²) in [6, 6.07) is 30.6. The van der Waals surface area contributed by atoms with E-state index in [1.165, 1.54) is 6.08 Å². The molecule has 0 aliphatic carbocycles. The number of amides is 1. The van der Waals surface area contributed by atoms with Gasteiger partial charge < -0.3 is 15.4 Å². The Morgan fingerprint density at radius 1 is 0.925 bits per heavy atom. The molecule has 1 atom stereocenters. The number of aromatic nitrogens is 3. The van der Waals surface area contributed by atoms with E-state index < -0.39 is 17.9 Å². The number of aliphatic carboxylic acids is 1. The highest BCUT2D eigenvalue weighted by Crippen LogP contribution is 2.28. The van der Waals surface area contributed by atoms with E-state index in [2.05, 4.69) is 34.6 Å². The first-order valence-electron chi connectivity index (χ1n) is 13.0. The van der Waals surface area contributed by atoms with Crippen LogP contribution in [0.5, 0.6) is 0 Å². The van der Waals surface area contributed by atoms with Crippen molar-refractivity contribution in [1.82, 2.24) is 20.1 Å². The van der Waals surface area contributed by atoms with Gasteiger partial charge in [-0.2, -0.15) is 5.10 Å². The summed E-state index contributed by atoms with van der Waals surface area (Å²) in [5.74, 6) is -1.59. The van der Waals surface area contributed by atoms with Gasteiger partial charge >= 0.3 is 5.97 Å². The second kappa shape index (κ2) is 10.7. The van der Waals surface area contributed by atoms with E-state index in [4.69, 9.17) is 5.10 Å². The zero-order valence-electron chi connectivity index (χ0n) is 21.5. The molecular formula is C33H26N4O3. The molecule has 0 aliphatic heterocycles. The van der Waals surface area contributed by atoms with Crippen molar-refractivity contribution in [2.75, 3.05) is 0 Å². The van der Waals surface area contributed by atoms with E-state index in [0.29, 0.717) is 5.69 Å². The van der Waals surface area contributed by atoms with Crippen LogP contribution in [0.3, 0.4) is 0 Å². The molecule has 0 unspecified atom stereocenters. The standard InChI is InChI=1S/C33H26N4O3/c38-31(35-30(33(39)40)19-26-20-34-29-13-7-6-12-28(26)29)17-16-25-21-37(27-10-2-1-3-11-27)36-32(25)24-15-14-22-8-4-5-9-23(22)18-24/h1-18,20-21,30,34H,19H2,(H,35,38)(H,39,40)/b17-16+/t30-/m1/s1. The van der Waals surface area contributed by atoms with Gasteiger partial charge in [-0.25, -0.2) is 9.48 Å². The fourth-order valence-electron chi connectivity index (χ4n) is 4.89. The number of H-pyrrole nitrogens is 1. The molecule has 3 N–H and O–H groups in total. The second-order valence-electron chi connectivity index (χ2n) is 9.57. The fraction of sp³-hybridized carbons (Fsp3) is 0.0606. The zero-order valence-corrected chi connectivity index (χ0v) is 21.5. The number of hydrogen-bond donors (Lipinski definition) is 3. The van der Waals surface area contributed by atoms with Crippen LogP contribution in [0.25, 0.3) is 44.7 Å². The van der Waals surface area contributed by atoms with Gasteiger partial charge in [-0.05, 0) is 46.7 Å². The summed E-state index contributed by atoms with van der Waals surface area (Å²) in [7, 11) is 0. The molecule has 2 heterocycles. The lowest BCUT2D eigenvalue weighted by Gasteiger charge is -2.12. The first-order valence-corrected chi connectivity index (χ1v) is 13.0. The molecule has 40 heavy (non-hydrogen) atoms. The summed E-state index contributed by atoms with van der Waals surface area (Å²) < 4.78 is 1.78. The summed E-state index contributed by atoms with van der Waals surface area (Å²) in [5.41, 5.74) is 5.00. The van der Waals surface area contributed by atoms with Crippen LogP contribution < -0.4 is 5.32 Å². The Bertz CT molecular complexity index is 1870. The highest BCUT2D eigenvalue weighted by atomic mass is 16.4. The number of nitrogens with zero attached hydrogens (tertiary/aromatic N) is 2. The first kappa shape index (κ1) is 24.9. The molecule has 6 aromatic rings. The van der Waals surface area contributed by atoms with E-state index in [9.17, 15) is 14.7 Å². The van der Waals surface area contributed by atoms with E-state index in [1.54, 1.807) is 17.0 Å². The zero-order chi connectivity index (χ0) is 27.5.